The van der Waals surface area contributed by atoms with Crippen molar-refractivity contribution in [2.75, 3.05) is 7.11 Å². The molecule has 152 valence electrons. The average molecular weight is 408 g/mol. The molecule has 5 rings (SSSR count). The van der Waals surface area contributed by atoms with E-state index in [0.29, 0.717) is 16.7 Å². The van der Waals surface area contributed by atoms with Crippen LogP contribution in [0.4, 0.5) is 0 Å². The van der Waals surface area contributed by atoms with Gasteiger partial charge in [-0.15, -0.1) is 0 Å². The first-order valence-electron chi connectivity index (χ1n) is 10.0. The molecule has 1 N–H and O–H groups in total. The lowest BCUT2D eigenvalue weighted by atomic mass is 9.82. The van der Waals surface area contributed by atoms with Crippen LogP contribution in [0, 0.1) is 0 Å². The normalized spacial score (nSPS) is 14.0. The van der Waals surface area contributed by atoms with Gasteiger partial charge in [0.15, 0.2) is 5.60 Å². The summed E-state index contributed by atoms with van der Waals surface area (Å²) in [4.78, 5) is 12.6. The minimum atomic E-state index is -0.886. The Hall–Kier alpha value is -4.05. The van der Waals surface area contributed by atoms with Crippen molar-refractivity contribution in [3.63, 3.8) is 0 Å². The van der Waals surface area contributed by atoms with E-state index in [1.807, 2.05) is 91.0 Å². The highest BCUT2D eigenvalue weighted by Gasteiger charge is 2.39. The lowest BCUT2D eigenvalue weighted by molar-refractivity contribution is 0.0596. The first-order valence-corrected chi connectivity index (χ1v) is 10.0. The summed E-state index contributed by atoms with van der Waals surface area (Å²) in [6, 6.07) is 27.3. The van der Waals surface area contributed by atoms with Crippen LogP contribution >= 0.6 is 0 Å². The summed E-state index contributed by atoms with van der Waals surface area (Å²) in [6.45, 7) is 0. The van der Waals surface area contributed by atoms with Crippen LogP contribution in [0.1, 0.15) is 27.0 Å². The van der Waals surface area contributed by atoms with Crippen LogP contribution < -0.4 is 4.74 Å². The molecule has 0 radical (unpaired) electrons. The molecule has 0 aromatic heterocycles. The molecule has 0 saturated carbocycles. The van der Waals surface area contributed by atoms with Crippen molar-refractivity contribution >= 4 is 22.8 Å². The van der Waals surface area contributed by atoms with Gasteiger partial charge < -0.3 is 14.6 Å². The van der Waals surface area contributed by atoms with E-state index in [0.717, 1.165) is 16.5 Å². The number of fused-ring (bicyclic) bond motifs is 3. The molecule has 31 heavy (non-hydrogen) atoms. The van der Waals surface area contributed by atoms with E-state index >= 15 is 0 Å². The van der Waals surface area contributed by atoms with Gasteiger partial charge in [0.05, 0.1) is 7.11 Å². The molecule has 0 spiro atoms. The Bertz CT molecular complexity index is 1270. The predicted octanol–water partition coefficient (Wildman–Crippen LogP) is 5.68. The lowest BCUT2D eigenvalue weighted by Crippen LogP contribution is -2.34. The van der Waals surface area contributed by atoms with E-state index in [4.69, 9.17) is 9.47 Å². The molecule has 0 unspecified atom stereocenters. The summed E-state index contributed by atoms with van der Waals surface area (Å²) in [5, 5.41) is 12.1. The van der Waals surface area contributed by atoms with Gasteiger partial charge in [-0.05, 0) is 12.2 Å². The van der Waals surface area contributed by atoms with E-state index in [9.17, 15) is 9.90 Å². The Balaban J connectivity index is 1.84. The van der Waals surface area contributed by atoms with E-state index in [1.165, 1.54) is 7.11 Å². The lowest BCUT2D eigenvalue weighted by Gasteiger charge is -2.37. The van der Waals surface area contributed by atoms with Crippen molar-refractivity contribution in [2.24, 2.45) is 0 Å². The highest BCUT2D eigenvalue weighted by Crippen LogP contribution is 2.49. The van der Waals surface area contributed by atoms with Crippen molar-refractivity contribution in [3.05, 3.63) is 113 Å². The van der Waals surface area contributed by atoms with Crippen molar-refractivity contribution in [3.8, 4) is 11.5 Å². The molecule has 1 aliphatic heterocycles. The van der Waals surface area contributed by atoms with Gasteiger partial charge in [-0.3, -0.25) is 0 Å². The summed E-state index contributed by atoms with van der Waals surface area (Å²) in [7, 11) is 1.30. The number of rotatable bonds is 3. The highest BCUT2D eigenvalue weighted by molar-refractivity contribution is 6.08. The third-order valence-corrected chi connectivity index (χ3v) is 5.72. The van der Waals surface area contributed by atoms with Crippen LogP contribution in [0.3, 0.4) is 0 Å². The van der Waals surface area contributed by atoms with Crippen LogP contribution in [-0.2, 0) is 10.3 Å². The Morgan fingerprint density at radius 3 is 1.97 bits per heavy atom. The predicted molar refractivity (Wildman–Crippen MR) is 120 cm³/mol. The summed E-state index contributed by atoms with van der Waals surface area (Å²) >= 11 is 0. The topological polar surface area (TPSA) is 55.8 Å². The number of aromatic hydroxyl groups is 1. The maximum absolute atomic E-state index is 12.6. The molecule has 0 bridgehead atoms. The van der Waals surface area contributed by atoms with Gasteiger partial charge in [0.2, 0.25) is 0 Å². The number of hydrogen-bond donors (Lipinski definition) is 1. The van der Waals surface area contributed by atoms with E-state index < -0.39 is 11.6 Å². The van der Waals surface area contributed by atoms with Crippen molar-refractivity contribution in [1.29, 1.82) is 0 Å². The van der Waals surface area contributed by atoms with E-state index in [-0.39, 0.29) is 11.3 Å². The third kappa shape index (κ3) is 2.88. The smallest absolute Gasteiger partial charge is 0.342 e. The number of carbonyl (C=O) groups is 1. The van der Waals surface area contributed by atoms with Crippen molar-refractivity contribution in [2.45, 2.75) is 5.60 Å². The van der Waals surface area contributed by atoms with E-state index in [1.54, 1.807) is 6.07 Å². The van der Waals surface area contributed by atoms with Gasteiger partial charge in [0.25, 0.3) is 0 Å². The quantitative estimate of drug-likeness (QED) is 0.443. The molecule has 0 fully saturated rings. The number of methoxy groups -OCH3 is 1. The van der Waals surface area contributed by atoms with Gasteiger partial charge in [0, 0.05) is 27.5 Å². The summed E-state index contributed by atoms with van der Waals surface area (Å²) in [5.41, 5.74) is 1.63. The van der Waals surface area contributed by atoms with Crippen LogP contribution in [-0.4, -0.2) is 18.2 Å². The molecular formula is C27H20O4. The fourth-order valence-corrected chi connectivity index (χ4v) is 4.23. The zero-order chi connectivity index (χ0) is 21.4. The largest absolute Gasteiger partial charge is 0.506 e. The second-order valence-electron chi connectivity index (χ2n) is 7.41. The highest BCUT2D eigenvalue weighted by atomic mass is 16.5. The number of carbonyl (C=O) groups excluding carboxylic acids is 1. The Morgan fingerprint density at radius 1 is 0.839 bits per heavy atom. The maximum atomic E-state index is 12.6. The Labute approximate surface area is 180 Å². The minimum absolute atomic E-state index is 0.0992. The van der Waals surface area contributed by atoms with Gasteiger partial charge >= 0.3 is 5.97 Å². The standard InChI is InChI=1S/C27H20O4/c1-30-26(29)23-22-16-17-27(18-10-4-2-5-11-18,19-12-6-3-7-13-19)31-25(22)21-15-9-8-14-20(21)24(23)28/h2-17,28H,1H3. The molecule has 4 aromatic carbocycles. The van der Waals surface area contributed by atoms with Gasteiger partial charge in [-0.25, -0.2) is 4.79 Å². The van der Waals surface area contributed by atoms with Gasteiger partial charge in [0.1, 0.15) is 17.1 Å². The van der Waals surface area contributed by atoms with E-state index in [2.05, 4.69) is 0 Å². The summed E-state index contributed by atoms with van der Waals surface area (Å²) in [6.07, 6.45) is 3.78. The number of phenolic OH excluding ortho intramolecular Hbond substituents is 1. The second kappa shape index (κ2) is 7.33. The molecule has 1 heterocycles. The molecule has 4 aromatic rings. The van der Waals surface area contributed by atoms with Crippen LogP contribution in [0.2, 0.25) is 0 Å². The zero-order valence-corrected chi connectivity index (χ0v) is 16.9. The SMILES string of the molecule is COC(=O)c1c2c(c3ccccc3c1O)OC(c1ccccc1)(c1ccccc1)C=C2. The monoisotopic (exact) mass is 408 g/mol. The number of hydrogen-bond acceptors (Lipinski definition) is 4. The van der Waals surface area contributed by atoms with Crippen LogP contribution in [0.15, 0.2) is 91.0 Å². The third-order valence-electron chi connectivity index (χ3n) is 5.72. The second-order valence-corrected chi connectivity index (χ2v) is 7.41. The first-order chi connectivity index (χ1) is 15.2. The molecular weight excluding hydrogens is 388 g/mol. The minimum Gasteiger partial charge on any atom is -0.506 e. The number of benzene rings is 4. The molecule has 1 aliphatic rings. The molecule has 0 amide bonds. The number of phenols is 1. The maximum Gasteiger partial charge on any atom is 0.342 e. The first kappa shape index (κ1) is 18.9. The van der Waals surface area contributed by atoms with Gasteiger partial charge in [-0.1, -0.05) is 84.9 Å². The summed E-state index contributed by atoms with van der Waals surface area (Å²) in [5.74, 6) is -0.190. The van der Waals surface area contributed by atoms with Crippen molar-refractivity contribution < 1.29 is 19.4 Å². The number of esters is 1. The molecule has 4 heteroatoms. The zero-order valence-electron chi connectivity index (χ0n) is 16.9. The number of ether oxygens (including phenoxy) is 2. The van der Waals surface area contributed by atoms with Crippen LogP contribution in [0.5, 0.6) is 11.5 Å². The van der Waals surface area contributed by atoms with Crippen molar-refractivity contribution in [1.82, 2.24) is 0 Å². The molecule has 0 aliphatic carbocycles. The average Bonchev–Trinajstić information content (AvgIpc) is 2.85. The van der Waals surface area contributed by atoms with Crippen LogP contribution in [0.25, 0.3) is 16.8 Å². The Kier molecular flexibility index (Phi) is 4.48. The summed E-state index contributed by atoms with van der Waals surface area (Å²) < 4.78 is 11.8. The molecule has 0 atom stereocenters. The van der Waals surface area contributed by atoms with Gasteiger partial charge in [-0.2, -0.15) is 0 Å². The Morgan fingerprint density at radius 2 is 1.39 bits per heavy atom. The fourth-order valence-electron chi connectivity index (χ4n) is 4.23. The molecule has 4 nitrogen and oxygen atoms in total. The molecule has 0 saturated heterocycles. The fraction of sp³-hybridized carbons (Fsp3) is 0.0741.